The van der Waals surface area contributed by atoms with Crippen molar-refractivity contribution in [3.05, 3.63) is 18.2 Å². The molecule has 0 radical (unpaired) electrons. The smallest absolute Gasteiger partial charge is 0.271 e. The third-order valence-corrected chi connectivity index (χ3v) is 3.68. The van der Waals surface area contributed by atoms with Gasteiger partial charge < -0.3 is 20.4 Å². The monoisotopic (exact) mass is 236 g/mol. The van der Waals surface area contributed by atoms with Gasteiger partial charge in [0.15, 0.2) is 0 Å². The van der Waals surface area contributed by atoms with E-state index in [2.05, 4.69) is 10.3 Å². The summed E-state index contributed by atoms with van der Waals surface area (Å²) >= 11 is 0. The standard InChI is InChI=1S/C11H16N4O2/c1-15-4-7(13-5-15)11(16)14-9-8(12)6-2-3-17-10(6)9/h4-6,8-10H,2-3,12H2,1H3,(H,14,16). The van der Waals surface area contributed by atoms with Crippen molar-refractivity contribution in [1.29, 1.82) is 0 Å². The summed E-state index contributed by atoms with van der Waals surface area (Å²) in [6.45, 7) is 0.749. The van der Waals surface area contributed by atoms with Crippen LogP contribution < -0.4 is 11.1 Å². The second-order valence-electron chi connectivity index (χ2n) is 4.79. The molecule has 1 saturated heterocycles. The number of nitrogens with one attached hydrogen (secondary N) is 1. The number of aryl methyl sites for hydroxylation is 1. The third-order valence-electron chi connectivity index (χ3n) is 3.68. The first-order chi connectivity index (χ1) is 8.16. The molecule has 1 aromatic rings. The van der Waals surface area contributed by atoms with Gasteiger partial charge in [-0.05, 0) is 6.42 Å². The number of aromatic nitrogens is 2. The van der Waals surface area contributed by atoms with E-state index in [9.17, 15) is 4.79 Å². The Kier molecular flexibility index (Phi) is 2.41. The molecule has 2 aliphatic rings. The molecule has 4 atom stereocenters. The summed E-state index contributed by atoms with van der Waals surface area (Å²) in [6.07, 6.45) is 4.39. The minimum Gasteiger partial charge on any atom is -0.376 e. The SMILES string of the molecule is Cn1cnc(C(=O)NC2C(N)C3CCOC32)c1. The van der Waals surface area contributed by atoms with E-state index in [4.69, 9.17) is 10.5 Å². The molecule has 3 rings (SSSR count). The van der Waals surface area contributed by atoms with Crippen LogP contribution in [0.25, 0.3) is 0 Å². The van der Waals surface area contributed by atoms with Gasteiger partial charge in [0.25, 0.3) is 5.91 Å². The lowest BCUT2D eigenvalue weighted by Gasteiger charge is -2.45. The predicted octanol–water partition coefficient (Wildman–Crippen LogP) is -0.735. The first-order valence-corrected chi connectivity index (χ1v) is 5.83. The Hall–Kier alpha value is -1.40. The molecule has 2 heterocycles. The molecule has 1 aromatic heterocycles. The lowest BCUT2D eigenvalue weighted by molar-refractivity contribution is -0.0161. The first kappa shape index (κ1) is 10.7. The molecular weight excluding hydrogens is 220 g/mol. The average Bonchev–Trinajstić information content (AvgIpc) is 2.92. The van der Waals surface area contributed by atoms with E-state index < -0.39 is 0 Å². The van der Waals surface area contributed by atoms with Gasteiger partial charge in [-0.15, -0.1) is 0 Å². The molecule has 2 fully saturated rings. The quantitative estimate of drug-likeness (QED) is 0.709. The van der Waals surface area contributed by atoms with E-state index >= 15 is 0 Å². The van der Waals surface area contributed by atoms with Crippen LogP contribution >= 0.6 is 0 Å². The summed E-state index contributed by atoms with van der Waals surface area (Å²) < 4.78 is 7.30. The number of hydrogen-bond donors (Lipinski definition) is 2. The summed E-state index contributed by atoms with van der Waals surface area (Å²) in [5.41, 5.74) is 6.44. The Balaban J connectivity index is 1.66. The number of nitrogens with zero attached hydrogens (tertiary/aromatic N) is 2. The van der Waals surface area contributed by atoms with Crippen molar-refractivity contribution < 1.29 is 9.53 Å². The molecule has 1 amide bonds. The van der Waals surface area contributed by atoms with Crippen LogP contribution in [-0.2, 0) is 11.8 Å². The summed E-state index contributed by atoms with van der Waals surface area (Å²) in [4.78, 5) is 15.9. The Morgan fingerprint density at radius 2 is 2.53 bits per heavy atom. The largest absolute Gasteiger partial charge is 0.376 e. The van der Waals surface area contributed by atoms with E-state index in [1.54, 1.807) is 17.1 Å². The van der Waals surface area contributed by atoms with Crippen molar-refractivity contribution in [2.24, 2.45) is 18.7 Å². The fraction of sp³-hybridized carbons (Fsp3) is 0.636. The zero-order chi connectivity index (χ0) is 12.0. The lowest BCUT2D eigenvalue weighted by atomic mass is 9.72. The molecule has 1 saturated carbocycles. The van der Waals surface area contributed by atoms with Gasteiger partial charge in [-0.25, -0.2) is 4.98 Å². The van der Waals surface area contributed by atoms with Crippen molar-refractivity contribution in [2.45, 2.75) is 24.6 Å². The molecule has 92 valence electrons. The zero-order valence-electron chi connectivity index (χ0n) is 9.67. The van der Waals surface area contributed by atoms with Crippen LogP contribution in [0, 0.1) is 5.92 Å². The Morgan fingerprint density at radius 3 is 3.24 bits per heavy atom. The van der Waals surface area contributed by atoms with Crippen molar-refractivity contribution in [2.75, 3.05) is 6.61 Å². The number of ether oxygens (including phenoxy) is 1. The van der Waals surface area contributed by atoms with E-state index in [1.165, 1.54) is 0 Å². The van der Waals surface area contributed by atoms with Gasteiger partial charge in [-0.3, -0.25) is 4.79 Å². The zero-order valence-corrected chi connectivity index (χ0v) is 9.67. The Bertz CT molecular complexity index is 444. The van der Waals surface area contributed by atoms with E-state index in [0.29, 0.717) is 11.6 Å². The van der Waals surface area contributed by atoms with Crippen LogP contribution in [0.2, 0.25) is 0 Å². The van der Waals surface area contributed by atoms with Crippen LogP contribution in [0.3, 0.4) is 0 Å². The van der Waals surface area contributed by atoms with Gasteiger partial charge in [-0.1, -0.05) is 0 Å². The molecule has 6 heteroatoms. The number of rotatable bonds is 2. The molecule has 0 aromatic carbocycles. The van der Waals surface area contributed by atoms with E-state index in [-0.39, 0.29) is 24.1 Å². The van der Waals surface area contributed by atoms with Crippen molar-refractivity contribution in [3.8, 4) is 0 Å². The minimum absolute atomic E-state index is 0.00941. The van der Waals surface area contributed by atoms with Crippen LogP contribution in [-0.4, -0.2) is 40.3 Å². The van der Waals surface area contributed by atoms with Crippen LogP contribution in [0.15, 0.2) is 12.5 Å². The first-order valence-electron chi connectivity index (χ1n) is 5.83. The maximum absolute atomic E-state index is 11.9. The summed E-state index contributed by atoms with van der Waals surface area (Å²) in [5, 5.41) is 2.90. The third kappa shape index (κ3) is 1.64. The number of imidazole rings is 1. The van der Waals surface area contributed by atoms with Gasteiger partial charge in [-0.2, -0.15) is 0 Å². The fourth-order valence-electron chi connectivity index (χ4n) is 2.68. The fourth-order valence-corrected chi connectivity index (χ4v) is 2.68. The van der Waals surface area contributed by atoms with Gasteiger partial charge in [0.1, 0.15) is 5.69 Å². The van der Waals surface area contributed by atoms with Crippen LogP contribution in [0.4, 0.5) is 0 Å². The number of carbonyl (C=O) groups excluding carboxylic acids is 1. The maximum atomic E-state index is 11.9. The molecule has 0 spiro atoms. The van der Waals surface area contributed by atoms with Crippen molar-refractivity contribution in [3.63, 3.8) is 0 Å². The van der Waals surface area contributed by atoms with Crippen molar-refractivity contribution in [1.82, 2.24) is 14.9 Å². The number of amides is 1. The van der Waals surface area contributed by atoms with Gasteiger partial charge in [0.05, 0.1) is 18.5 Å². The molecule has 17 heavy (non-hydrogen) atoms. The molecule has 1 aliphatic carbocycles. The highest BCUT2D eigenvalue weighted by molar-refractivity contribution is 5.92. The van der Waals surface area contributed by atoms with Gasteiger partial charge in [0, 0.05) is 31.8 Å². The highest BCUT2D eigenvalue weighted by Crippen LogP contribution is 2.37. The Morgan fingerprint density at radius 1 is 1.71 bits per heavy atom. The summed E-state index contributed by atoms with van der Waals surface area (Å²) in [7, 11) is 1.83. The van der Waals surface area contributed by atoms with Crippen LogP contribution in [0.5, 0.6) is 0 Å². The molecule has 3 N–H and O–H groups in total. The second kappa shape index (κ2) is 3.82. The van der Waals surface area contributed by atoms with Crippen molar-refractivity contribution >= 4 is 5.91 Å². The lowest BCUT2D eigenvalue weighted by Crippen LogP contribution is -2.69. The number of nitrogens with two attached hydrogens (primary N) is 1. The van der Waals surface area contributed by atoms with Gasteiger partial charge >= 0.3 is 0 Å². The second-order valence-corrected chi connectivity index (χ2v) is 4.79. The predicted molar refractivity (Wildman–Crippen MR) is 60.3 cm³/mol. The molecule has 0 bridgehead atoms. The minimum atomic E-state index is -0.181. The highest BCUT2D eigenvalue weighted by atomic mass is 16.5. The molecular formula is C11H16N4O2. The van der Waals surface area contributed by atoms with E-state index in [1.807, 2.05) is 7.05 Å². The molecule has 6 nitrogen and oxygen atoms in total. The van der Waals surface area contributed by atoms with Gasteiger partial charge in [0.2, 0.25) is 0 Å². The topological polar surface area (TPSA) is 82.2 Å². The highest BCUT2D eigenvalue weighted by Gasteiger charge is 2.52. The maximum Gasteiger partial charge on any atom is 0.271 e. The van der Waals surface area contributed by atoms with E-state index in [0.717, 1.165) is 13.0 Å². The number of fused-ring (bicyclic) bond motifs is 1. The number of carbonyl (C=O) groups is 1. The molecule has 1 aliphatic heterocycles. The molecule has 4 unspecified atom stereocenters. The summed E-state index contributed by atoms with van der Waals surface area (Å²) in [5.74, 6) is 0.226. The number of hydrogen-bond acceptors (Lipinski definition) is 4. The normalized spacial score (nSPS) is 35.2. The average molecular weight is 236 g/mol. The van der Waals surface area contributed by atoms with Crippen LogP contribution in [0.1, 0.15) is 16.9 Å². The Labute approximate surface area is 99.1 Å². The summed E-state index contributed by atoms with van der Waals surface area (Å²) in [6, 6.07) is -0.0628.